The van der Waals surface area contributed by atoms with Crippen LogP contribution in [0.15, 0.2) is 42.9 Å². The fourth-order valence-electron chi connectivity index (χ4n) is 3.02. The normalized spacial score (nSPS) is 20.4. The van der Waals surface area contributed by atoms with Crippen molar-refractivity contribution in [1.82, 2.24) is 9.97 Å². The van der Waals surface area contributed by atoms with Crippen molar-refractivity contribution in [1.29, 1.82) is 0 Å². The topological polar surface area (TPSA) is 73.3 Å². The molecule has 24 heavy (non-hydrogen) atoms. The highest BCUT2D eigenvalue weighted by atomic mass is 16.5. The first-order chi connectivity index (χ1) is 11.8. The van der Waals surface area contributed by atoms with E-state index in [-0.39, 0.29) is 6.10 Å². The van der Waals surface area contributed by atoms with E-state index in [0.717, 1.165) is 19.4 Å². The Labute approximate surface area is 141 Å². The van der Waals surface area contributed by atoms with Gasteiger partial charge in [0.05, 0.1) is 13.2 Å². The number of hydrogen-bond donors (Lipinski definition) is 1. The molecule has 1 saturated heterocycles. The molecule has 0 amide bonds. The number of esters is 1. The fourth-order valence-corrected chi connectivity index (χ4v) is 3.02. The van der Waals surface area contributed by atoms with Crippen LogP contribution in [0.2, 0.25) is 0 Å². The molecule has 1 aliphatic rings. The van der Waals surface area contributed by atoms with Gasteiger partial charge >= 0.3 is 5.97 Å². The lowest BCUT2D eigenvalue weighted by atomic mass is 9.89. The second-order valence-electron chi connectivity index (χ2n) is 5.76. The van der Waals surface area contributed by atoms with Gasteiger partial charge in [0.15, 0.2) is 0 Å². The molecule has 0 spiro atoms. The summed E-state index contributed by atoms with van der Waals surface area (Å²) in [6, 6.07) is 10.2. The molecule has 0 bridgehead atoms. The van der Waals surface area contributed by atoms with Crippen LogP contribution >= 0.6 is 0 Å². The molecule has 1 aromatic carbocycles. The number of anilines is 1. The van der Waals surface area contributed by atoms with Crippen LogP contribution in [0, 0.1) is 5.92 Å². The first-order valence-electron chi connectivity index (χ1n) is 8.08. The number of benzene rings is 1. The van der Waals surface area contributed by atoms with Gasteiger partial charge in [-0.05, 0) is 18.4 Å². The Kier molecular flexibility index (Phi) is 5.38. The molecule has 0 aliphatic carbocycles. The monoisotopic (exact) mass is 327 g/mol. The van der Waals surface area contributed by atoms with Crippen molar-refractivity contribution >= 4 is 11.8 Å². The van der Waals surface area contributed by atoms with Gasteiger partial charge in [-0.15, -0.1) is 0 Å². The highest BCUT2D eigenvalue weighted by Crippen LogP contribution is 2.33. The summed E-state index contributed by atoms with van der Waals surface area (Å²) in [5.41, 5.74) is 1.52. The highest BCUT2D eigenvalue weighted by molar-refractivity contribution is 5.94. The van der Waals surface area contributed by atoms with Crippen molar-refractivity contribution in [2.75, 3.05) is 25.6 Å². The number of aromatic nitrogens is 2. The summed E-state index contributed by atoms with van der Waals surface area (Å²) in [6.07, 6.45) is 5.03. The molecule has 0 radical (unpaired) electrons. The first-order valence-corrected chi connectivity index (χ1v) is 8.08. The summed E-state index contributed by atoms with van der Waals surface area (Å²) >= 11 is 0. The predicted octanol–water partition coefficient (Wildman–Crippen LogP) is 2.84. The average Bonchev–Trinajstić information content (AvgIpc) is 2.67. The Balaban J connectivity index is 1.72. The summed E-state index contributed by atoms with van der Waals surface area (Å²) in [5, 5.41) is 3.27. The third-order valence-corrected chi connectivity index (χ3v) is 4.22. The Morgan fingerprint density at radius 3 is 3.00 bits per heavy atom. The van der Waals surface area contributed by atoms with Crippen LogP contribution in [0.4, 0.5) is 5.82 Å². The molecule has 1 aliphatic heterocycles. The van der Waals surface area contributed by atoms with Gasteiger partial charge in [0.2, 0.25) is 0 Å². The minimum absolute atomic E-state index is 0.0517. The summed E-state index contributed by atoms with van der Waals surface area (Å²) in [5.74, 6) is 0.355. The van der Waals surface area contributed by atoms with Crippen LogP contribution in [0.25, 0.3) is 0 Å². The van der Waals surface area contributed by atoms with Gasteiger partial charge in [-0.1, -0.05) is 30.3 Å². The summed E-state index contributed by atoms with van der Waals surface area (Å²) in [4.78, 5) is 19.9. The molecule has 0 saturated carbocycles. The number of nitrogens with zero attached hydrogens (tertiary/aromatic N) is 2. The number of ether oxygens (including phenoxy) is 2. The number of methoxy groups -OCH3 is 1. The van der Waals surface area contributed by atoms with Crippen molar-refractivity contribution < 1.29 is 14.3 Å². The Hall–Kier alpha value is -2.47. The van der Waals surface area contributed by atoms with Crippen LogP contribution in [0.5, 0.6) is 0 Å². The minimum Gasteiger partial charge on any atom is -0.465 e. The second-order valence-corrected chi connectivity index (χ2v) is 5.76. The van der Waals surface area contributed by atoms with Gasteiger partial charge in [0, 0.05) is 25.3 Å². The van der Waals surface area contributed by atoms with E-state index in [4.69, 9.17) is 9.47 Å². The fraction of sp³-hybridized carbons (Fsp3) is 0.389. The molecule has 6 nitrogen and oxygen atoms in total. The van der Waals surface area contributed by atoms with E-state index >= 15 is 0 Å². The van der Waals surface area contributed by atoms with Gasteiger partial charge in [-0.25, -0.2) is 14.8 Å². The van der Waals surface area contributed by atoms with E-state index in [0.29, 0.717) is 23.8 Å². The molecule has 3 rings (SSSR count). The molecule has 0 unspecified atom stereocenters. The molecule has 126 valence electrons. The predicted molar refractivity (Wildman–Crippen MR) is 89.7 cm³/mol. The largest absolute Gasteiger partial charge is 0.465 e. The van der Waals surface area contributed by atoms with E-state index < -0.39 is 5.97 Å². The Bertz CT molecular complexity index is 678. The van der Waals surface area contributed by atoms with E-state index in [1.165, 1.54) is 25.2 Å². The van der Waals surface area contributed by atoms with Crippen LogP contribution in [0.1, 0.15) is 34.9 Å². The summed E-state index contributed by atoms with van der Waals surface area (Å²) < 4.78 is 10.8. The zero-order valence-corrected chi connectivity index (χ0v) is 13.6. The summed E-state index contributed by atoms with van der Waals surface area (Å²) in [7, 11) is 1.35. The number of carbonyl (C=O) groups is 1. The molecule has 2 heterocycles. The van der Waals surface area contributed by atoms with Crippen molar-refractivity contribution in [2.45, 2.75) is 18.9 Å². The molecule has 1 N–H and O–H groups in total. The molecule has 1 fully saturated rings. The number of hydrogen-bond acceptors (Lipinski definition) is 6. The van der Waals surface area contributed by atoms with E-state index in [1.807, 2.05) is 18.2 Å². The quantitative estimate of drug-likeness (QED) is 0.851. The van der Waals surface area contributed by atoms with Crippen molar-refractivity contribution in [3.8, 4) is 0 Å². The molecular formula is C18H21N3O3. The van der Waals surface area contributed by atoms with Gasteiger partial charge in [0.25, 0.3) is 0 Å². The number of nitrogens with one attached hydrogen (secondary N) is 1. The van der Waals surface area contributed by atoms with E-state index in [2.05, 4.69) is 27.4 Å². The van der Waals surface area contributed by atoms with E-state index in [1.54, 1.807) is 0 Å². The van der Waals surface area contributed by atoms with Crippen LogP contribution in [-0.2, 0) is 9.47 Å². The smallest absolute Gasteiger partial charge is 0.343 e. The van der Waals surface area contributed by atoms with Crippen molar-refractivity contribution in [3.05, 3.63) is 54.0 Å². The Morgan fingerprint density at radius 1 is 1.38 bits per heavy atom. The van der Waals surface area contributed by atoms with E-state index in [9.17, 15) is 4.79 Å². The second kappa shape index (κ2) is 7.88. The maximum atomic E-state index is 11.8. The standard InChI is InChI=1S/C18H21N3O3/c1-23-18(22)15-11-19-12-21-17(15)20-10-14-8-5-9-24-16(14)13-6-3-2-4-7-13/h2-4,6-7,11-12,14,16H,5,8-10H2,1H3,(H,19,20,21)/t14-,16+/m1/s1. The van der Waals surface area contributed by atoms with Crippen molar-refractivity contribution in [2.24, 2.45) is 5.92 Å². The van der Waals surface area contributed by atoms with Gasteiger partial charge in [-0.3, -0.25) is 0 Å². The van der Waals surface area contributed by atoms with Gasteiger partial charge in [0.1, 0.15) is 17.7 Å². The van der Waals surface area contributed by atoms with Crippen molar-refractivity contribution in [3.63, 3.8) is 0 Å². The Morgan fingerprint density at radius 2 is 2.21 bits per heavy atom. The average molecular weight is 327 g/mol. The van der Waals surface area contributed by atoms with Crippen LogP contribution in [-0.4, -0.2) is 36.2 Å². The maximum absolute atomic E-state index is 11.8. The van der Waals surface area contributed by atoms with Crippen LogP contribution in [0.3, 0.4) is 0 Å². The van der Waals surface area contributed by atoms with Gasteiger partial charge < -0.3 is 14.8 Å². The minimum atomic E-state index is -0.447. The maximum Gasteiger partial charge on any atom is 0.343 e. The lowest BCUT2D eigenvalue weighted by Gasteiger charge is -2.32. The highest BCUT2D eigenvalue weighted by Gasteiger charge is 2.27. The zero-order chi connectivity index (χ0) is 16.8. The number of carbonyl (C=O) groups excluding carboxylic acids is 1. The summed E-state index contributed by atoms with van der Waals surface area (Å²) in [6.45, 7) is 1.44. The SMILES string of the molecule is COC(=O)c1cncnc1NC[C@H]1CCCO[C@H]1c1ccccc1. The lowest BCUT2D eigenvalue weighted by Crippen LogP contribution is -2.29. The third-order valence-electron chi connectivity index (χ3n) is 4.22. The zero-order valence-electron chi connectivity index (χ0n) is 13.6. The van der Waals surface area contributed by atoms with Crippen LogP contribution < -0.4 is 5.32 Å². The molecule has 1 aromatic heterocycles. The number of rotatable bonds is 5. The van der Waals surface area contributed by atoms with Gasteiger partial charge in [-0.2, -0.15) is 0 Å². The first kappa shape index (κ1) is 16.4. The third kappa shape index (κ3) is 3.71. The molecular weight excluding hydrogens is 306 g/mol. The molecule has 6 heteroatoms. The lowest BCUT2D eigenvalue weighted by molar-refractivity contribution is -0.0238. The molecule has 2 atom stereocenters. The molecule has 2 aromatic rings.